The third-order valence-electron chi connectivity index (χ3n) is 3.03. The molecule has 0 spiro atoms. The summed E-state index contributed by atoms with van der Waals surface area (Å²) < 4.78 is 7.48. The number of nitrogens with zero attached hydrogens (tertiary/aromatic N) is 4. The molecule has 1 atom stereocenters. The van der Waals surface area contributed by atoms with Crippen molar-refractivity contribution in [1.82, 2.24) is 15.0 Å². The van der Waals surface area contributed by atoms with Crippen LogP contribution in [0.2, 0.25) is 0 Å². The topological polar surface area (TPSA) is 63.7 Å². The van der Waals surface area contributed by atoms with Crippen molar-refractivity contribution in [2.75, 3.05) is 6.61 Å². The fraction of sp³-hybridized carbons (Fsp3) is 0.750. The number of rotatable bonds is 4. The van der Waals surface area contributed by atoms with E-state index in [1.165, 1.54) is 0 Å². The lowest BCUT2D eigenvalue weighted by Crippen LogP contribution is -2.11. The molecule has 1 aromatic heterocycles. The smallest absolute Gasteiger partial charge is 0.188 e. The van der Waals surface area contributed by atoms with Crippen molar-refractivity contribution in [1.29, 1.82) is 5.26 Å². The Morgan fingerprint density at radius 3 is 3.00 bits per heavy atom. The van der Waals surface area contributed by atoms with E-state index >= 15 is 0 Å². The SMILES string of the molecule is CC(C)CCn1nnc(C#N)c1C1CCCO1. The van der Waals surface area contributed by atoms with E-state index in [0.717, 1.165) is 38.1 Å². The van der Waals surface area contributed by atoms with E-state index < -0.39 is 0 Å². The van der Waals surface area contributed by atoms with Crippen LogP contribution in [0.5, 0.6) is 0 Å². The summed E-state index contributed by atoms with van der Waals surface area (Å²) in [5.41, 5.74) is 1.28. The number of aromatic nitrogens is 3. The van der Waals surface area contributed by atoms with Crippen molar-refractivity contribution in [3.8, 4) is 6.07 Å². The number of nitriles is 1. The third-order valence-corrected chi connectivity index (χ3v) is 3.03. The maximum absolute atomic E-state index is 9.05. The quantitative estimate of drug-likeness (QED) is 0.799. The molecule has 1 aromatic rings. The minimum absolute atomic E-state index is 0.00631. The van der Waals surface area contributed by atoms with Crippen LogP contribution in [-0.4, -0.2) is 21.6 Å². The molecule has 0 aromatic carbocycles. The molecular weight excluding hydrogens is 216 g/mol. The van der Waals surface area contributed by atoms with E-state index in [-0.39, 0.29) is 6.10 Å². The Kier molecular flexibility index (Phi) is 3.75. The number of hydrogen-bond acceptors (Lipinski definition) is 4. The van der Waals surface area contributed by atoms with Crippen LogP contribution in [0, 0.1) is 17.2 Å². The van der Waals surface area contributed by atoms with Gasteiger partial charge >= 0.3 is 0 Å². The summed E-state index contributed by atoms with van der Waals surface area (Å²) in [5, 5.41) is 17.0. The van der Waals surface area contributed by atoms with Gasteiger partial charge < -0.3 is 4.74 Å². The first-order valence-electron chi connectivity index (χ1n) is 6.17. The molecule has 1 unspecified atom stereocenters. The van der Waals surface area contributed by atoms with Gasteiger partial charge in [-0.1, -0.05) is 19.1 Å². The molecule has 5 nitrogen and oxygen atoms in total. The predicted octanol–water partition coefficient (Wildman–Crippen LogP) is 2.05. The van der Waals surface area contributed by atoms with Crippen LogP contribution in [0.4, 0.5) is 0 Å². The number of aryl methyl sites for hydroxylation is 1. The summed E-state index contributed by atoms with van der Waals surface area (Å²) in [5.74, 6) is 0.613. The van der Waals surface area contributed by atoms with Crippen molar-refractivity contribution in [3.05, 3.63) is 11.4 Å². The van der Waals surface area contributed by atoms with E-state index in [9.17, 15) is 0 Å². The van der Waals surface area contributed by atoms with Gasteiger partial charge in [-0.3, -0.25) is 0 Å². The van der Waals surface area contributed by atoms with Gasteiger partial charge in [-0.05, 0) is 25.2 Å². The summed E-state index contributed by atoms with van der Waals surface area (Å²) in [6.07, 6.45) is 3.05. The standard InChI is InChI=1S/C12H18N4O/c1-9(2)5-6-16-12(10(8-13)14-15-16)11-4-3-7-17-11/h9,11H,3-7H2,1-2H3. The highest BCUT2D eigenvalue weighted by atomic mass is 16.5. The molecule has 0 N–H and O–H groups in total. The van der Waals surface area contributed by atoms with Gasteiger partial charge in [-0.2, -0.15) is 5.26 Å². The summed E-state index contributed by atoms with van der Waals surface area (Å²) in [7, 11) is 0. The molecule has 0 bridgehead atoms. The molecule has 17 heavy (non-hydrogen) atoms. The summed E-state index contributed by atoms with van der Waals surface area (Å²) in [6, 6.07) is 2.11. The van der Waals surface area contributed by atoms with Crippen LogP contribution in [0.3, 0.4) is 0 Å². The molecule has 2 rings (SSSR count). The molecule has 92 valence electrons. The highest BCUT2D eigenvalue weighted by Crippen LogP contribution is 2.30. The largest absolute Gasteiger partial charge is 0.372 e. The molecule has 1 fully saturated rings. The highest BCUT2D eigenvalue weighted by molar-refractivity contribution is 5.27. The second-order valence-corrected chi connectivity index (χ2v) is 4.84. The van der Waals surface area contributed by atoms with Gasteiger partial charge in [-0.15, -0.1) is 5.10 Å². The maximum Gasteiger partial charge on any atom is 0.188 e. The molecule has 0 saturated carbocycles. The Bertz CT molecular complexity index is 413. The zero-order valence-corrected chi connectivity index (χ0v) is 10.4. The average Bonchev–Trinajstić information content (AvgIpc) is 2.94. The molecule has 0 amide bonds. The Balaban J connectivity index is 2.20. The fourth-order valence-corrected chi connectivity index (χ4v) is 2.06. The van der Waals surface area contributed by atoms with Crippen LogP contribution in [-0.2, 0) is 11.3 Å². The lowest BCUT2D eigenvalue weighted by Gasteiger charge is -2.12. The van der Waals surface area contributed by atoms with Crippen LogP contribution < -0.4 is 0 Å². The minimum Gasteiger partial charge on any atom is -0.372 e. The van der Waals surface area contributed by atoms with Crippen molar-refractivity contribution < 1.29 is 4.74 Å². The van der Waals surface area contributed by atoms with Gasteiger partial charge in [0.05, 0.1) is 0 Å². The third kappa shape index (κ3) is 2.64. The maximum atomic E-state index is 9.05. The van der Waals surface area contributed by atoms with Gasteiger partial charge in [0.25, 0.3) is 0 Å². The Morgan fingerprint density at radius 2 is 2.41 bits per heavy atom. The van der Waals surface area contributed by atoms with E-state index in [2.05, 4.69) is 30.2 Å². The van der Waals surface area contributed by atoms with Crippen molar-refractivity contribution in [2.45, 2.75) is 45.8 Å². The Hall–Kier alpha value is -1.41. The first kappa shape index (κ1) is 12.1. The lowest BCUT2D eigenvalue weighted by atomic mass is 10.1. The van der Waals surface area contributed by atoms with Crippen LogP contribution in [0.1, 0.15) is 50.6 Å². The van der Waals surface area contributed by atoms with Crippen LogP contribution in [0.25, 0.3) is 0 Å². The summed E-state index contributed by atoms with van der Waals surface area (Å²) in [6.45, 7) is 5.92. The molecule has 1 saturated heterocycles. The van der Waals surface area contributed by atoms with Crippen LogP contribution >= 0.6 is 0 Å². The minimum atomic E-state index is 0.00631. The van der Waals surface area contributed by atoms with E-state index in [0.29, 0.717) is 11.6 Å². The van der Waals surface area contributed by atoms with Crippen molar-refractivity contribution in [2.24, 2.45) is 5.92 Å². The summed E-state index contributed by atoms with van der Waals surface area (Å²) in [4.78, 5) is 0. The van der Waals surface area contributed by atoms with Gasteiger partial charge in [0, 0.05) is 13.2 Å². The summed E-state index contributed by atoms with van der Waals surface area (Å²) >= 11 is 0. The average molecular weight is 234 g/mol. The highest BCUT2D eigenvalue weighted by Gasteiger charge is 2.26. The molecule has 0 radical (unpaired) electrons. The zero-order chi connectivity index (χ0) is 12.3. The monoisotopic (exact) mass is 234 g/mol. The van der Waals surface area contributed by atoms with Crippen LogP contribution in [0.15, 0.2) is 0 Å². The van der Waals surface area contributed by atoms with Gasteiger partial charge in [-0.25, -0.2) is 4.68 Å². The lowest BCUT2D eigenvalue weighted by molar-refractivity contribution is 0.104. The first-order chi connectivity index (χ1) is 8.22. The number of hydrogen-bond donors (Lipinski definition) is 0. The van der Waals surface area contributed by atoms with Gasteiger partial charge in [0.1, 0.15) is 17.9 Å². The Labute approximate surface area is 101 Å². The molecule has 1 aliphatic rings. The van der Waals surface area contributed by atoms with E-state index in [4.69, 9.17) is 10.00 Å². The van der Waals surface area contributed by atoms with E-state index in [1.54, 1.807) is 0 Å². The molecule has 0 aliphatic carbocycles. The number of ether oxygens (including phenoxy) is 1. The fourth-order valence-electron chi connectivity index (χ4n) is 2.06. The molecule has 1 aliphatic heterocycles. The molecular formula is C12H18N4O. The second-order valence-electron chi connectivity index (χ2n) is 4.84. The normalized spacial score (nSPS) is 19.8. The zero-order valence-electron chi connectivity index (χ0n) is 10.4. The molecule has 2 heterocycles. The van der Waals surface area contributed by atoms with Gasteiger partial charge in [0.2, 0.25) is 0 Å². The molecule has 5 heteroatoms. The van der Waals surface area contributed by atoms with E-state index in [1.807, 2.05) is 4.68 Å². The van der Waals surface area contributed by atoms with Crippen molar-refractivity contribution in [3.63, 3.8) is 0 Å². The second kappa shape index (κ2) is 5.28. The van der Waals surface area contributed by atoms with Gasteiger partial charge in [0.15, 0.2) is 5.69 Å². The Morgan fingerprint density at radius 1 is 1.59 bits per heavy atom. The van der Waals surface area contributed by atoms with Crippen molar-refractivity contribution >= 4 is 0 Å². The first-order valence-corrected chi connectivity index (χ1v) is 6.17. The predicted molar refractivity (Wildman–Crippen MR) is 62.1 cm³/mol.